The Labute approximate surface area is 213 Å². The van der Waals surface area contributed by atoms with Gasteiger partial charge in [0.05, 0.1) is 12.5 Å². The minimum Gasteiger partial charge on any atom is -0.481 e. The predicted molar refractivity (Wildman–Crippen MR) is 126 cm³/mol. The van der Waals surface area contributed by atoms with E-state index in [4.69, 9.17) is 34.8 Å². The summed E-state index contributed by atoms with van der Waals surface area (Å²) in [5.41, 5.74) is -1.32. The highest BCUT2D eigenvalue weighted by atomic mass is 35.5. The Morgan fingerprint density at radius 2 is 1.77 bits per heavy atom. The van der Waals surface area contributed by atoms with Crippen molar-refractivity contribution in [1.82, 2.24) is 4.90 Å². The van der Waals surface area contributed by atoms with Gasteiger partial charge in [0, 0.05) is 51.5 Å². The highest BCUT2D eigenvalue weighted by molar-refractivity contribution is 6.35. The summed E-state index contributed by atoms with van der Waals surface area (Å²) in [6, 6.07) is 7.49. The van der Waals surface area contributed by atoms with Crippen LogP contribution < -0.4 is 10.2 Å². The van der Waals surface area contributed by atoms with Crippen molar-refractivity contribution in [2.75, 3.05) is 23.8 Å². The molecule has 0 radical (unpaired) electrons. The number of halogens is 5. The van der Waals surface area contributed by atoms with Crippen LogP contribution in [0, 0.1) is 11.8 Å². The van der Waals surface area contributed by atoms with E-state index in [0.29, 0.717) is 0 Å². The number of amides is 2. The Morgan fingerprint density at radius 1 is 1.11 bits per heavy atom. The predicted octanol–water partition coefficient (Wildman–Crippen LogP) is 4.50. The standard InChI is InChI=1S/C23H18Cl3F2N3O4/c1-30(13-5-11(25)4-12(26)6-13)19(32)17-16-8-22(27,28)9-31(16)23(18(17)20(33)34)14-3-2-10(24)7-15(14)29-21(23)35/h2-7,16-18H,8-9H2,1H3,(H,29,35)(H,33,34)/t16-,17+,18-,23?/m1/s1. The molecule has 1 unspecified atom stereocenters. The topological polar surface area (TPSA) is 90.0 Å². The normalized spacial score (nSPS) is 28.6. The van der Waals surface area contributed by atoms with E-state index in [1.54, 1.807) is 0 Å². The van der Waals surface area contributed by atoms with Gasteiger partial charge in [0.25, 0.3) is 11.8 Å². The van der Waals surface area contributed by atoms with Crippen molar-refractivity contribution in [2.45, 2.75) is 23.9 Å². The SMILES string of the molecule is CN(C(=O)[C@H]1[C@H]2CC(F)(F)CN2C2(C(=O)Nc3cc(Cl)ccc32)[C@H]1C(=O)O)c1cc(Cl)cc(Cl)c1. The number of carboxylic acids is 1. The number of carboxylic acid groups (broad SMARTS) is 1. The van der Waals surface area contributed by atoms with E-state index in [0.717, 1.165) is 4.90 Å². The minimum atomic E-state index is -3.23. The summed E-state index contributed by atoms with van der Waals surface area (Å²) in [5, 5.41) is 13.7. The molecule has 3 aliphatic heterocycles. The number of nitrogens with zero attached hydrogens (tertiary/aromatic N) is 2. The molecule has 2 N–H and O–H groups in total. The molecule has 2 amide bonds. The zero-order valence-electron chi connectivity index (χ0n) is 18.1. The van der Waals surface area contributed by atoms with Crippen LogP contribution >= 0.6 is 34.8 Å². The van der Waals surface area contributed by atoms with Crippen LogP contribution in [0.1, 0.15) is 12.0 Å². The Kier molecular flexibility index (Phi) is 5.56. The lowest BCUT2D eigenvalue weighted by Crippen LogP contribution is -2.54. The third kappa shape index (κ3) is 3.51. The lowest BCUT2D eigenvalue weighted by molar-refractivity contribution is -0.153. The fraction of sp³-hybridized carbons (Fsp3) is 0.348. The van der Waals surface area contributed by atoms with Crippen molar-refractivity contribution in [1.29, 1.82) is 0 Å². The van der Waals surface area contributed by atoms with Crippen LogP contribution in [0.15, 0.2) is 36.4 Å². The molecule has 0 bridgehead atoms. The molecule has 5 rings (SSSR count). The molecular weight excluding hydrogens is 527 g/mol. The molecular formula is C23H18Cl3F2N3O4. The monoisotopic (exact) mass is 543 g/mol. The molecule has 2 aromatic carbocycles. The molecule has 3 heterocycles. The second-order valence-corrected chi connectivity index (χ2v) is 10.3. The quantitative estimate of drug-likeness (QED) is 0.594. The van der Waals surface area contributed by atoms with Gasteiger partial charge in [0.15, 0.2) is 0 Å². The van der Waals surface area contributed by atoms with Gasteiger partial charge < -0.3 is 15.3 Å². The molecule has 0 aromatic heterocycles. The lowest BCUT2D eigenvalue weighted by Gasteiger charge is -2.35. The van der Waals surface area contributed by atoms with E-state index in [1.165, 1.54) is 48.3 Å². The van der Waals surface area contributed by atoms with Gasteiger partial charge in [-0.1, -0.05) is 40.9 Å². The summed E-state index contributed by atoms with van der Waals surface area (Å²) in [6.45, 7) is -0.868. The number of aliphatic carboxylic acids is 1. The maximum atomic E-state index is 14.8. The van der Waals surface area contributed by atoms with E-state index in [9.17, 15) is 28.3 Å². The Hall–Kier alpha value is -2.46. The number of rotatable bonds is 3. The number of anilines is 2. The zero-order chi connectivity index (χ0) is 25.4. The number of hydrogen-bond acceptors (Lipinski definition) is 4. The van der Waals surface area contributed by atoms with Crippen LogP contribution in [0.3, 0.4) is 0 Å². The van der Waals surface area contributed by atoms with Crippen molar-refractivity contribution in [3.63, 3.8) is 0 Å². The molecule has 2 saturated heterocycles. The first-order chi connectivity index (χ1) is 16.4. The number of carbonyl (C=O) groups excluding carboxylic acids is 2. The Bertz CT molecular complexity index is 1270. The van der Waals surface area contributed by atoms with E-state index >= 15 is 0 Å². The van der Waals surface area contributed by atoms with Gasteiger partial charge in [-0.2, -0.15) is 0 Å². The number of benzene rings is 2. The van der Waals surface area contributed by atoms with Crippen molar-refractivity contribution in [2.24, 2.45) is 11.8 Å². The fourth-order valence-electron chi connectivity index (χ4n) is 5.82. The molecule has 4 atom stereocenters. The van der Waals surface area contributed by atoms with Gasteiger partial charge in [0.2, 0.25) is 5.91 Å². The maximum absolute atomic E-state index is 14.8. The molecule has 2 aromatic rings. The molecule has 2 fully saturated rings. The van der Waals surface area contributed by atoms with Crippen LogP contribution in [0.2, 0.25) is 15.1 Å². The van der Waals surface area contributed by atoms with Gasteiger partial charge >= 0.3 is 5.97 Å². The largest absolute Gasteiger partial charge is 0.481 e. The number of alkyl halides is 2. The van der Waals surface area contributed by atoms with Crippen LogP contribution in [0.5, 0.6) is 0 Å². The van der Waals surface area contributed by atoms with Crippen LogP contribution in [-0.4, -0.2) is 53.3 Å². The van der Waals surface area contributed by atoms with Crippen molar-refractivity contribution >= 4 is 64.0 Å². The summed E-state index contributed by atoms with van der Waals surface area (Å²) < 4.78 is 29.5. The average Bonchev–Trinajstić information content (AvgIpc) is 3.31. The summed E-state index contributed by atoms with van der Waals surface area (Å²) in [5.74, 6) is -9.31. The van der Waals surface area contributed by atoms with E-state index < -0.39 is 60.1 Å². The summed E-state index contributed by atoms with van der Waals surface area (Å²) in [7, 11) is 1.38. The van der Waals surface area contributed by atoms with Crippen LogP contribution in [0.4, 0.5) is 20.2 Å². The summed E-state index contributed by atoms with van der Waals surface area (Å²) in [6.07, 6.45) is -0.769. The number of fused-ring (bicyclic) bond motifs is 4. The van der Waals surface area contributed by atoms with E-state index in [-0.39, 0.29) is 32.0 Å². The first kappa shape index (κ1) is 24.2. The molecule has 0 saturated carbocycles. The third-order valence-corrected chi connectivity index (χ3v) is 7.76. The van der Waals surface area contributed by atoms with Gasteiger partial charge in [-0.15, -0.1) is 0 Å². The zero-order valence-corrected chi connectivity index (χ0v) is 20.3. The second-order valence-electron chi connectivity index (χ2n) is 9.03. The highest BCUT2D eigenvalue weighted by Crippen LogP contribution is 2.60. The van der Waals surface area contributed by atoms with Crippen molar-refractivity contribution in [3.8, 4) is 0 Å². The summed E-state index contributed by atoms with van der Waals surface area (Å²) >= 11 is 18.2. The number of nitrogens with one attached hydrogen (secondary N) is 1. The van der Waals surface area contributed by atoms with Crippen molar-refractivity contribution < 1.29 is 28.3 Å². The van der Waals surface area contributed by atoms with Gasteiger partial charge in [-0.3, -0.25) is 19.3 Å². The first-order valence-electron chi connectivity index (χ1n) is 10.6. The van der Waals surface area contributed by atoms with Gasteiger partial charge in [-0.25, -0.2) is 8.78 Å². The fourth-order valence-corrected chi connectivity index (χ4v) is 6.51. The Morgan fingerprint density at radius 3 is 2.40 bits per heavy atom. The average molecular weight is 545 g/mol. The molecule has 7 nitrogen and oxygen atoms in total. The molecule has 35 heavy (non-hydrogen) atoms. The molecule has 3 aliphatic rings. The molecule has 184 valence electrons. The Balaban J connectivity index is 1.68. The van der Waals surface area contributed by atoms with Crippen LogP contribution in [0.25, 0.3) is 0 Å². The van der Waals surface area contributed by atoms with Crippen LogP contribution in [-0.2, 0) is 19.9 Å². The second kappa shape index (κ2) is 8.03. The lowest BCUT2D eigenvalue weighted by atomic mass is 9.73. The van der Waals surface area contributed by atoms with Crippen molar-refractivity contribution in [3.05, 3.63) is 57.0 Å². The number of carbonyl (C=O) groups is 3. The highest BCUT2D eigenvalue weighted by Gasteiger charge is 2.74. The van der Waals surface area contributed by atoms with Gasteiger partial charge in [-0.05, 0) is 30.3 Å². The third-order valence-electron chi connectivity index (χ3n) is 7.09. The summed E-state index contributed by atoms with van der Waals surface area (Å²) in [4.78, 5) is 42.3. The van der Waals surface area contributed by atoms with E-state index in [2.05, 4.69) is 5.32 Å². The van der Waals surface area contributed by atoms with Gasteiger partial charge in [0.1, 0.15) is 11.5 Å². The molecule has 1 spiro atoms. The minimum absolute atomic E-state index is 0.200. The first-order valence-corrected chi connectivity index (χ1v) is 11.7. The molecule has 0 aliphatic carbocycles. The molecule has 12 heteroatoms. The maximum Gasteiger partial charge on any atom is 0.310 e. The smallest absolute Gasteiger partial charge is 0.310 e. The number of hydrogen-bond donors (Lipinski definition) is 2. The van der Waals surface area contributed by atoms with E-state index in [1.807, 2.05) is 0 Å².